The number of thiophene rings is 1. The molecule has 0 radical (unpaired) electrons. The second kappa shape index (κ2) is 6.56. The highest BCUT2D eigenvalue weighted by Gasteiger charge is 2.38. The van der Waals surface area contributed by atoms with Crippen molar-refractivity contribution in [1.82, 2.24) is 9.62 Å². The van der Waals surface area contributed by atoms with Gasteiger partial charge in [0.2, 0.25) is 10.0 Å². The molecule has 114 valence electrons. The normalized spacial score (nSPS) is 16.2. The first-order chi connectivity index (χ1) is 9.45. The van der Waals surface area contributed by atoms with E-state index in [9.17, 15) is 8.42 Å². The lowest BCUT2D eigenvalue weighted by Crippen LogP contribution is -2.35. The molecular weight excluding hydrogens is 292 g/mol. The fourth-order valence-electron chi connectivity index (χ4n) is 2.14. The fourth-order valence-corrected chi connectivity index (χ4v) is 5.22. The molecule has 1 aliphatic carbocycles. The van der Waals surface area contributed by atoms with Crippen molar-refractivity contribution >= 4 is 21.4 Å². The summed E-state index contributed by atoms with van der Waals surface area (Å²) in [6, 6.07) is 2.04. The number of nitrogens with one attached hydrogen (secondary N) is 1. The average Bonchev–Trinajstić information content (AvgIpc) is 3.10. The van der Waals surface area contributed by atoms with Crippen LogP contribution in [0.5, 0.6) is 0 Å². The predicted molar refractivity (Wildman–Crippen MR) is 83.5 cm³/mol. The van der Waals surface area contributed by atoms with Crippen LogP contribution in [0.1, 0.15) is 38.5 Å². The number of rotatable bonds is 8. The zero-order chi connectivity index (χ0) is 14.8. The Balaban J connectivity index is 2.17. The van der Waals surface area contributed by atoms with E-state index in [2.05, 4.69) is 19.2 Å². The van der Waals surface area contributed by atoms with Gasteiger partial charge in [0.25, 0.3) is 0 Å². The van der Waals surface area contributed by atoms with Crippen molar-refractivity contribution in [1.29, 1.82) is 0 Å². The molecule has 1 aliphatic rings. The van der Waals surface area contributed by atoms with Crippen LogP contribution in [0.2, 0.25) is 0 Å². The molecule has 6 heteroatoms. The van der Waals surface area contributed by atoms with Crippen LogP contribution < -0.4 is 5.32 Å². The standard InChI is InChI=1S/C14H24N2O2S2/c1-4-15-8-13-7-14(10-19-13)20(17,18)16(9-11(2)3)12-5-6-12/h7,10-12,15H,4-6,8-9H2,1-3H3. The zero-order valence-electron chi connectivity index (χ0n) is 12.4. The molecule has 0 bridgehead atoms. The van der Waals surface area contributed by atoms with E-state index in [0.717, 1.165) is 30.8 Å². The summed E-state index contributed by atoms with van der Waals surface area (Å²) in [6.07, 6.45) is 2.00. The quantitative estimate of drug-likeness (QED) is 0.802. The highest BCUT2D eigenvalue weighted by atomic mass is 32.2. The molecule has 1 N–H and O–H groups in total. The summed E-state index contributed by atoms with van der Waals surface area (Å²) in [6.45, 7) is 8.42. The SMILES string of the molecule is CCNCc1cc(S(=O)(=O)N(CC(C)C)C2CC2)cs1. The van der Waals surface area contributed by atoms with E-state index in [1.54, 1.807) is 9.69 Å². The third-order valence-electron chi connectivity index (χ3n) is 3.28. The third kappa shape index (κ3) is 3.81. The van der Waals surface area contributed by atoms with E-state index in [1.165, 1.54) is 11.3 Å². The molecule has 0 aliphatic heterocycles. The molecule has 4 nitrogen and oxygen atoms in total. The highest BCUT2D eigenvalue weighted by molar-refractivity contribution is 7.89. The molecule has 0 atom stereocenters. The Bertz CT molecular complexity index is 533. The Morgan fingerprint density at radius 1 is 1.45 bits per heavy atom. The summed E-state index contributed by atoms with van der Waals surface area (Å²) in [7, 11) is -3.32. The minimum Gasteiger partial charge on any atom is -0.312 e. The Kier molecular flexibility index (Phi) is 5.23. The minimum atomic E-state index is -3.32. The van der Waals surface area contributed by atoms with E-state index in [-0.39, 0.29) is 6.04 Å². The fraction of sp³-hybridized carbons (Fsp3) is 0.714. The molecule has 1 aromatic heterocycles. The Labute approximate surface area is 126 Å². The highest BCUT2D eigenvalue weighted by Crippen LogP contribution is 2.34. The third-order valence-corrected chi connectivity index (χ3v) is 6.27. The van der Waals surface area contributed by atoms with Crippen LogP contribution in [0.15, 0.2) is 16.3 Å². The van der Waals surface area contributed by atoms with Crippen molar-refractivity contribution in [2.75, 3.05) is 13.1 Å². The minimum absolute atomic E-state index is 0.222. The van der Waals surface area contributed by atoms with E-state index >= 15 is 0 Å². The molecular formula is C14H24N2O2S2. The number of hydrogen-bond donors (Lipinski definition) is 1. The predicted octanol–water partition coefficient (Wildman–Crippen LogP) is 2.67. The van der Waals surface area contributed by atoms with Crippen molar-refractivity contribution in [2.45, 2.75) is 51.1 Å². The number of sulfonamides is 1. The molecule has 2 rings (SSSR count). The van der Waals surface area contributed by atoms with Gasteiger partial charge < -0.3 is 5.32 Å². The van der Waals surface area contributed by atoms with Crippen LogP contribution in [0, 0.1) is 5.92 Å². The van der Waals surface area contributed by atoms with Gasteiger partial charge in [-0.05, 0) is 31.4 Å². The molecule has 1 fully saturated rings. The molecule has 0 amide bonds. The molecule has 1 aromatic rings. The molecule has 20 heavy (non-hydrogen) atoms. The van der Waals surface area contributed by atoms with E-state index < -0.39 is 10.0 Å². The smallest absolute Gasteiger partial charge is 0.244 e. The van der Waals surface area contributed by atoms with Gasteiger partial charge in [0, 0.05) is 29.4 Å². The van der Waals surface area contributed by atoms with Crippen LogP contribution in [0.25, 0.3) is 0 Å². The number of hydrogen-bond acceptors (Lipinski definition) is 4. The lowest BCUT2D eigenvalue weighted by molar-refractivity contribution is 0.360. The molecule has 0 spiro atoms. The van der Waals surface area contributed by atoms with Crippen molar-refractivity contribution in [3.8, 4) is 0 Å². The first kappa shape index (κ1) is 15.9. The summed E-state index contributed by atoms with van der Waals surface area (Å²) in [5.41, 5.74) is 0. The summed E-state index contributed by atoms with van der Waals surface area (Å²) in [5, 5.41) is 5.00. The summed E-state index contributed by atoms with van der Waals surface area (Å²) < 4.78 is 27.2. The maximum atomic E-state index is 12.7. The van der Waals surface area contributed by atoms with E-state index in [1.807, 2.05) is 13.0 Å². The van der Waals surface area contributed by atoms with Gasteiger partial charge in [-0.15, -0.1) is 11.3 Å². The topological polar surface area (TPSA) is 49.4 Å². The second-order valence-electron chi connectivity index (χ2n) is 5.73. The zero-order valence-corrected chi connectivity index (χ0v) is 14.1. The molecule has 1 heterocycles. The summed E-state index contributed by atoms with van der Waals surface area (Å²) in [5.74, 6) is 0.352. The van der Waals surface area contributed by atoms with Crippen molar-refractivity contribution in [2.24, 2.45) is 5.92 Å². The van der Waals surface area contributed by atoms with Gasteiger partial charge >= 0.3 is 0 Å². The first-order valence-electron chi connectivity index (χ1n) is 7.25. The van der Waals surface area contributed by atoms with E-state index in [0.29, 0.717) is 17.4 Å². The van der Waals surface area contributed by atoms with E-state index in [4.69, 9.17) is 0 Å². The molecule has 1 saturated carbocycles. The summed E-state index contributed by atoms with van der Waals surface area (Å²) in [4.78, 5) is 1.54. The van der Waals surface area contributed by atoms with Crippen molar-refractivity contribution < 1.29 is 8.42 Å². The van der Waals surface area contributed by atoms with Gasteiger partial charge in [-0.2, -0.15) is 4.31 Å². The lowest BCUT2D eigenvalue weighted by atomic mass is 10.2. The van der Waals surface area contributed by atoms with Crippen LogP contribution in [0.4, 0.5) is 0 Å². The largest absolute Gasteiger partial charge is 0.312 e. The van der Waals surface area contributed by atoms with Gasteiger partial charge in [0.1, 0.15) is 0 Å². The van der Waals surface area contributed by atoms with Crippen LogP contribution in [-0.2, 0) is 16.6 Å². The Hall–Kier alpha value is -0.430. The maximum absolute atomic E-state index is 12.7. The van der Waals surface area contributed by atoms with Crippen LogP contribution in [0.3, 0.4) is 0 Å². The molecule has 0 unspecified atom stereocenters. The first-order valence-corrected chi connectivity index (χ1v) is 9.57. The maximum Gasteiger partial charge on any atom is 0.244 e. The Morgan fingerprint density at radius 3 is 2.70 bits per heavy atom. The van der Waals surface area contributed by atoms with Crippen molar-refractivity contribution in [3.05, 3.63) is 16.3 Å². The average molecular weight is 316 g/mol. The molecule has 0 saturated heterocycles. The van der Waals surface area contributed by atoms with Gasteiger partial charge in [0.05, 0.1) is 4.90 Å². The monoisotopic (exact) mass is 316 g/mol. The van der Waals surface area contributed by atoms with Gasteiger partial charge in [0.15, 0.2) is 0 Å². The summed E-state index contributed by atoms with van der Waals surface area (Å²) >= 11 is 1.52. The lowest BCUT2D eigenvalue weighted by Gasteiger charge is -2.23. The van der Waals surface area contributed by atoms with Crippen LogP contribution in [-0.4, -0.2) is 31.9 Å². The number of nitrogens with zero attached hydrogens (tertiary/aromatic N) is 1. The van der Waals surface area contributed by atoms with Gasteiger partial charge in [-0.25, -0.2) is 8.42 Å². The van der Waals surface area contributed by atoms with Gasteiger partial charge in [-0.1, -0.05) is 20.8 Å². The Morgan fingerprint density at radius 2 is 2.15 bits per heavy atom. The second-order valence-corrected chi connectivity index (χ2v) is 8.62. The van der Waals surface area contributed by atoms with Crippen molar-refractivity contribution in [3.63, 3.8) is 0 Å². The van der Waals surface area contributed by atoms with Gasteiger partial charge in [-0.3, -0.25) is 0 Å². The van der Waals surface area contributed by atoms with Crippen LogP contribution >= 0.6 is 11.3 Å². The molecule has 0 aromatic carbocycles.